The van der Waals surface area contributed by atoms with E-state index in [0.717, 1.165) is 17.0 Å². The first-order chi connectivity index (χ1) is 9.16. The summed E-state index contributed by atoms with van der Waals surface area (Å²) in [5.41, 5.74) is -1.41. The molecule has 1 amide bonds. The minimum Gasteiger partial charge on any atom is -0.481 e. The van der Waals surface area contributed by atoms with Gasteiger partial charge in [-0.05, 0) is 26.0 Å². The predicted molar refractivity (Wildman–Crippen MR) is 66.3 cm³/mol. The van der Waals surface area contributed by atoms with Gasteiger partial charge in [-0.3, -0.25) is 4.79 Å². The smallest absolute Gasteiger partial charge is 0.329 e. The second kappa shape index (κ2) is 5.85. The van der Waals surface area contributed by atoms with Crippen LogP contribution in [0.2, 0.25) is 0 Å². The zero-order chi connectivity index (χ0) is 15.5. The van der Waals surface area contributed by atoms with Crippen molar-refractivity contribution >= 4 is 11.9 Å². The highest BCUT2D eigenvalue weighted by molar-refractivity contribution is 5.86. The SMILES string of the molecule is CN(C(=O)COc1ccc(F)cc1F)C(C)(C)C(=O)O. The van der Waals surface area contributed by atoms with Crippen LogP contribution in [0.1, 0.15) is 13.8 Å². The third-order valence-corrected chi connectivity index (χ3v) is 2.98. The number of carbonyl (C=O) groups is 2. The summed E-state index contributed by atoms with van der Waals surface area (Å²) in [4.78, 5) is 23.8. The van der Waals surface area contributed by atoms with Crippen molar-refractivity contribution in [3.63, 3.8) is 0 Å². The molecule has 7 heteroatoms. The topological polar surface area (TPSA) is 66.8 Å². The van der Waals surface area contributed by atoms with Crippen molar-refractivity contribution in [3.05, 3.63) is 29.8 Å². The molecule has 1 aromatic carbocycles. The summed E-state index contributed by atoms with van der Waals surface area (Å²) in [6.07, 6.45) is 0. The maximum absolute atomic E-state index is 13.3. The van der Waals surface area contributed by atoms with Gasteiger partial charge in [0.05, 0.1) is 0 Å². The number of benzene rings is 1. The number of hydrogen-bond donors (Lipinski definition) is 1. The van der Waals surface area contributed by atoms with E-state index in [2.05, 4.69) is 0 Å². The normalized spacial score (nSPS) is 11.1. The van der Waals surface area contributed by atoms with Gasteiger partial charge in [-0.1, -0.05) is 0 Å². The van der Waals surface area contributed by atoms with Gasteiger partial charge in [0.25, 0.3) is 5.91 Å². The highest BCUT2D eigenvalue weighted by atomic mass is 19.1. The summed E-state index contributed by atoms with van der Waals surface area (Å²) >= 11 is 0. The molecule has 0 heterocycles. The fourth-order valence-corrected chi connectivity index (χ4v) is 1.28. The molecule has 0 saturated carbocycles. The molecule has 0 radical (unpaired) electrons. The van der Waals surface area contributed by atoms with Gasteiger partial charge < -0.3 is 14.7 Å². The van der Waals surface area contributed by atoms with E-state index in [-0.39, 0.29) is 5.75 Å². The lowest BCUT2D eigenvalue weighted by Crippen LogP contribution is -2.52. The van der Waals surface area contributed by atoms with E-state index in [9.17, 15) is 18.4 Å². The molecule has 0 saturated heterocycles. The Kier molecular flexibility index (Phi) is 4.65. The van der Waals surface area contributed by atoms with Gasteiger partial charge >= 0.3 is 5.97 Å². The Bertz CT molecular complexity index is 531. The van der Waals surface area contributed by atoms with E-state index in [0.29, 0.717) is 6.07 Å². The molecule has 0 aliphatic rings. The Morgan fingerprint density at radius 2 is 1.95 bits per heavy atom. The van der Waals surface area contributed by atoms with Crippen LogP contribution in [0.3, 0.4) is 0 Å². The average Bonchev–Trinajstić information content (AvgIpc) is 2.36. The lowest BCUT2D eigenvalue weighted by Gasteiger charge is -2.31. The largest absolute Gasteiger partial charge is 0.481 e. The molecule has 110 valence electrons. The zero-order valence-corrected chi connectivity index (χ0v) is 11.3. The molecule has 1 aromatic rings. The first-order valence-corrected chi connectivity index (χ1v) is 5.74. The van der Waals surface area contributed by atoms with Crippen LogP contribution >= 0.6 is 0 Å². The van der Waals surface area contributed by atoms with Crippen LogP contribution in [0.15, 0.2) is 18.2 Å². The fourth-order valence-electron chi connectivity index (χ4n) is 1.28. The van der Waals surface area contributed by atoms with E-state index in [1.54, 1.807) is 0 Å². The van der Waals surface area contributed by atoms with Crippen molar-refractivity contribution in [2.45, 2.75) is 19.4 Å². The molecular weight excluding hydrogens is 272 g/mol. The van der Waals surface area contributed by atoms with Gasteiger partial charge in [-0.2, -0.15) is 0 Å². The Balaban J connectivity index is 2.70. The molecule has 1 N–H and O–H groups in total. The van der Waals surface area contributed by atoms with Gasteiger partial charge in [0, 0.05) is 13.1 Å². The summed E-state index contributed by atoms with van der Waals surface area (Å²) in [7, 11) is 1.31. The van der Waals surface area contributed by atoms with Crippen molar-refractivity contribution < 1.29 is 28.2 Å². The molecule has 0 spiro atoms. The highest BCUT2D eigenvalue weighted by Gasteiger charge is 2.35. The molecule has 0 fully saturated rings. The monoisotopic (exact) mass is 287 g/mol. The summed E-state index contributed by atoms with van der Waals surface area (Å²) in [6.45, 7) is 2.16. The maximum Gasteiger partial charge on any atom is 0.329 e. The van der Waals surface area contributed by atoms with Crippen LogP contribution in [-0.4, -0.2) is 41.1 Å². The fraction of sp³-hybridized carbons (Fsp3) is 0.385. The second-order valence-corrected chi connectivity index (χ2v) is 4.68. The van der Waals surface area contributed by atoms with E-state index in [1.165, 1.54) is 20.9 Å². The lowest BCUT2D eigenvalue weighted by molar-refractivity contribution is -0.156. The Morgan fingerprint density at radius 3 is 2.45 bits per heavy atom. The Morgan fingerprint density at radius 1 is 1.35 bits per heavy atom. The van der Waals surface area contributed by atoms with Gasteiger partial charge in [-0.15, -0.1) is 0 Å². The van der Waals surface area contributed by atoms with E-state index >= 15 is 0 Å². The number of likely N-dealkylation sites (N-methyl/N-ethyl adjacent to an activating group) is 1. The number of carboxylic acids is 1. The second-order valence-electron chi connectivity index (χ2n) is 4.68. The zero-order valence-electron chi connectivity index (χ0n) is 11.3. The third kappa shape index (κ3) is 3.43. The summed E-state index contributed by atoms with van der Waals surface area (Å²) in [6, 6.07) is 2.68. The van der Waals surface area contributed by atoms with Crippen LogP contribution in [0.5, 0.6) is 5.75 Å². The Labute approximate surface area is 114 Å². The van der Waals surface area contributed by atoms with Crippen molar-refractivity contribution in [3.8, 4) is 5.75 Å². The van der Waals surface area contributed by atoms with E-state index < -0.39 is 35.7 Å². The molecule has 0 unspecified atom stereocenters. The summed E-state index contributed by atoms with van der Waals surface area (Å²) in [5.74, 6) is -3.79. The van der Waals surface area contributed by atoms with Gasteiger partial charge in [-0.25, -0.2) is 13.6 Å². The number of carboxylic acid groups (broad SMARTS) is 1. The third-order valence-electron chi connectivity index (χ3n) is 2.98. The number of nitrogens with zero attached hydrogens (tertiary/aromatic N) is 1. The number of rotatable bonds is 5. The highest BCUT2D eigenvalue weighted by Crippen LogP contribution is 2.18. The molecule has 1 rings (SSSR count). The van der Waals surface area contributed by atoms with Gasteiger partial charge in [0.1, 0.15) is 11.4 Å². The average molecular weight is 287 g/mol. The standard InChI is InChI=1S/C13H15F2NO4/c1-13(2,12(18)19)16(3)11(17)7-20-10-5-4-8(14)6-9(10)15/h4-6H,7H2,1-3H3,(H,18,19). The summed E-state index contributed by atoms with van der Waals surface area (Å²) in [5, 5.41) is 8.98. The van der Waals surface area contributed by atoms with Crippen LogP contribution in [0, 0.1) is 11.6 Å². The number of aliphatic carboxylic acids is 1. The first kappa shape index (κ1) is 15.9. The van der Waals surface area contributed by atoms with Crippen molar-refractivity contribution in [2.75, 3.05) is 13.7 Å². The minimum absolute atomic E-state index is 0.277. The molecule has 0 aromatic heterocycles. The first-order valence-electron chi connectivity index (χ1n) is 5.74. The van der Waals surface area contributed by atoms with E-state index in [4.69, 9.17) is 9.84 Å². The molecule has 20 heavy (non-hydrogen) atoms. The van der Waals surface area contributed by atoms with Crippen LogP contribution in [0.4, 0.5) is 8.78 Å². The number of hydrogen-bond acceptors (Lipinski definition) is 3. The molecular formula is C13H15F2NO4. The number of amides is 1. The number of carbonyl (C=O) groups excluding carboxylic acids is 1. The molecule has 5 nitrogen and oxygen atoms in total. The van der Waals surface area contributed by atoms with Crippen molar-refractivity contribution in [1.82, 2.24) is 4.90 Å². The predicted octanol–water partition coefficient (Wildman–Crippen LogP) is 1.67. The van der Waals surface area contributed by atoms with Gasteiger partial charge in [0.15, 0.2) is 18.2 Å². The summed E-state index contributed by atoms with van der Waals surface area (Å²) < 4.78 is 30.9. The lowest BCUT2D eigenvalue weighted by atomic mass is 10.0. The van der Waals surface area contributed by atoms with Crippen LogP contribution in [-0.2, 0) is 9.59 Å². The quantitative estimate of drug-likeness (QED) is 0.894. The molecule has 0 aliphatic heterocycles. The van der Waals surface area contributed by atoms with Crippen molar-refractivity contribution in [2.24, 2.45) is 0 Å². The van der Waals surface area contributed by atoms with Crippen LogP contribution < -0.4 is 4.74 Å². The number of halogens is 2. The van der Waals surface area contributed by atoms with Crippen LogP contribution in [0.25, 0.3) is 0 Å². The Hall–Kier alpha value is -2.18. The maximum atomic E-state index is 13.3. The van der Waals surface area contributed by atoms with E-state index in [1.807, 2.05) is 0 Å². The molecule has 0 atom stereocenters. The van der Waals surface area contributed by atoms with Gasteiger partial charge in [0.2, 0.25) is 0 Å². The number of ether oxygens (including phenoxy) is 1. The molecule has 0 bridgehead atoms. The van der Waals surface area contributed by atoms with Crippen molar-refractivity contribution in [1.29, 1.82) is 0 Å². The minimum atomic E-state index is -1.41. The molecule has 0 aliphatic carbocycles.